The topological polar surface area (TPSA) is 68.7 Å². The summed E-state index contributed by atoms with van der Waals surface area (Å²) in [6.45, 7) is 1.05. The SMILES string of the molecule is O=C(O)c1nc(Br)c(C2OCCO2)s1. The molecule has 0 saturated carbocycles. The first-order chi connectivity index (χ1) is 6.68. The Morgan fingerprint density at radius 3 is 2.71 bits per heavy atom. The van der Waals surface area contributed by atoms with Crippen LogP contribution in [-0.2, 0) is 9.47 Å². The lowest BCUT2D eigenvalue weighted by Crippen LogP contribution is -1.95. The van der Waals surface area contributed by atoms with Gasteiger partial charge in [0.15, 0.2) is 6.29 Å². The molecule has 7 heteroatoms. The molecule has 0 amide bonds. The van der Waals surface area contributed by atoms with Crippen LogP contribution in [0.3, 0.4) is 0 Å². The van der Waals surface area contributed by atoms with Crippen LogP contribution in [0.5, 0.6) is 0 Å². The molecule has 0 atom stereocenters. The number of ether oxygens (including phenoxy) is 2. The van der Waals surface area contributed by atoms with Crippen molar-refractivity contribution in [3.05, 3.63) is 14.5 Å². The van der Waals surface area contributed by atoms with E-state index in [0.29, 0.717) is 22.7 Å². The maximum absolute atomic E-state index is 10.6. The van der Waals surface area contributed by atoms with E-state index in [9.17, 15) is 4.79 Å². The number of halogens is 1. The van der Waals surface area contributed by atoms with Gasteiger partial charge in [-0.25, -0.2) is 9.78 Å². The third-order valence-electron chi connectivity index (χ3n) is 1.63. The zero-order valence-electron chi connectivity index (χ0n) is 6.90. The Balaban J connectivity index is 2.28. The van der Waals surface area contributed by atoms with E-state index in [4.69, 9.17) is 14.6 Å². The average molecular weight is 280 g/mol. The fourth-order valence-corrected chi connectivity index (χ4v) is 2.58. The summed E-state index contributed by atoms with van der Waals surface area (Å²) in [5.41, 5.74) is 0. The number of nitrogens with zero attached hydrogens (tertiary/aromatic N) is 1. The number of hydrogen-bond acceptors (Lipinski definition) is 5. The van der Waals surface area contributed by atoms with Crippen LogP contribution < -0.4 is 0 Å². The van der Waals surface area contributed by atoms with Gasteiger partial charge in [0.25, 0.3) is 0 Å². The summed E-state index contributed by atoms with van der Waals surface area (Å²) in [4.78, 5) is 15.1. The number of rotatable bonds is 2. The third kappa shape index (κ3) is 1.81. The molecule has 0 unspecified atom stereocenters. The fourth-order valence-electron chi connectivity index (χ4n) is 1.06. The molecule has 1 aromatic rings. The van der Waals surface area contributed by atoms with Gasteiger partial charge in [0.05, 0.1) is 18.1 Å². The number of aromatic nitrogens is 1. The van der Waals surface area contributed by atoms with Crippen molar-refractivity contribution in [2.75, 3.05) is 13.2 Å². The van der Waals surface area contributed by atoms with E-state index in [-0.39, 0.29) is 5.01 Å². The van der Waals surface area contributed by atoms with Crippen molar-refractivity contribution < 1.29 is 19.4 Å². The van der Waals surface area contributed by atoms with Gasteiger partial charge in [-0.3, -0.25) is 0 Å². The minimum atomic E-state index is -1.04. The van der Waals surface area contributed by atoms with Gasteiger partial charge in [0.1, 0.15) is 4.60 Å². The summed E-state index contributed by atoms with van der Waals surface area (Å²) in [7, 11) is 0. The van der Waals surface area contributed by atoms with Gasteiger partial charge in [-0.2, -0.15) is 0 Å². The number of thiazole rings is 1. The molecule has 1 aliphatic rings. The minimum absolute atomic E-state index is 0.0333. The third-order valence-corrected chi connectivity index (χ3v) is 3.56. The highest BCUT2D eigenvalue weighted by Gasteiger charge is 2.25. The highest BCUT2D eigenvalue weighted by atomic mass is 79.9. The molecule has 5 nitrogen and oxygen atoms in total. The van der Waals surface area contributed by atoms with Crippen molar-refractivity contribution in [2.24, 2.45) is 0 Å². The average Bonchev–Trinajstić information content (AvgIpc) is 2.71. The van der Waals surface area contributed by atoms with E-state index in [1.807, 2.05) is 0 Å². The summed E-state index contributed by atoms with van der Waals surface area (Å²) < 4.78 is 11.0. The second-order valence-corrected chi connectivity index (χ2v) is 4.33. The highest BCUT2D eigenvalue weighted by Crippen LogP contribution is 2.34. The van der Waals surface area contributed by atoms with Gasteiger partial charge < -0.3 is 14.6 Å². The maximum atomic E-state index is 10.6. The summed E-state index contributed by atoms with van der Waals surface area (Å²) in [6.07, 6.45) is -0.477. The van der Waals surface area contributed by atoms with Crippen LogP contribution in [0.25, 0.3) is 0 Å². The molecule has 0 radical (unpaired) electrons. The molecule has 1 N–H and O–H groups in total. The quantitative estimate of drug-likeness (QED) is 0.892. The molecule has 76 valence electrons. The zero-order chi connectivity index (χ0) is 10.1. The standard InChI is InChI=1S/C7H6BrNO4S/c8-4-3(7-12-1-2-13-7)14-5(9-4)6(10)11/h7H,1-2H2,(H,10,11). The van der Waals surface area contributed by atoms with E-state index in [2.05, 4.69) is 20.9 Å². The maximum Gasteiger partial charge on any atom is 0.365 e. The second kappa shape index (κ2) is 3.93. The summed E-state index contributed by atoms with van der Waals surface area (Å²) in [5, 5.41) is 8.74. The van der Waals surface area contributed by atoms with E-state index in [0.717, 1.165) is 11.3 Å². The monoisotopic (exact) mass is 279 g/mol. The highest BCUT2D eigenvalue weighted by molar-refractivity contribution is 9.10. The number of aromatic carboxylic acids is 1. The van der Waals surface area contributed by atoms with Gasteiger partial charge in [-0.15, -0.1) is 11.3 Å². The fraction of sp³-hybridized carbons (Fsp3) is 0.429. The van der Waals surface area contributed by atoms with Crippen LogP contribution in [0.4, 0.5) is 0 Å². The molecular formula is C7H6BrNO4S. The molecule has 1 saturated heterocycles. The van der Waals surface area contributed by atoms with Crippen molar-refractivity contribution >= 4 is 33.2 Å². The van der Waals surface area contributed by atoms with Crippen molar-refractivity contribution in [2.45, 2.75) is 6.29 Å². The summed E-state index contributed by atoms with van der Waals surface area (Å²) in [6, 6.07) is 0. The van der Waals surface area contributed by atoms with Gasteiger partial charge in [-0.1, -0.05) is 0 Å². The molecule has 14 heavy (non-hydrogen) atoms. The van der Waals surface area contributed by atoms with Gasteiger partial charge in [0.2, 0.25) is 5.01 Å². The van der Waals surface area contributed by atoms with Crippen LogP contribution in [0, 0.1) is 0 Å². The first-order valence-electron chi connectivity index (χ1n) is 3.81. The Hall–Kier alpha value is -0.500. The van der Waals surface area contributed by atoms with Crippen LogP contribution >= 0.6 is 27.3 Å². The largest absolute Gasteiger partial charge is 0.476 e. The Kier molecular flexibility index (Phi) is 2.82. The Morgan fingerprint density at radius 1 is 1.57 bits per heavy atom. The van der Waals surface area contributed by atoms with E-state index < -0.39 is 12.3 Å². The summed E-state index contributed by atoms with van der Waals surface area (Å²) in [5.74, 6) is -1.04. The molecule has 1 fully saturated rings. The summed E-state index contributed by atoms with van der Waals surface area (Å²) >= 11 is 4.23. The second-order valence-electron chi connectivity index (χ2n) is 2.55. The number of carboxylic acid groups (broad SMARTS) is 1. The Labute approximate surface area is 91.8 Å². The van der Waals surface area contributed by atoms with Crippen LogP contribution in [0.2, 0.25) is 0 Å². The lowest BCUT2D eigenvalue weighted by molar-refractivity contribution is -0.0419. The molecule has 1 aromatic heterocycles. The molecule has 2 heterocycles. The van der Waals surface area contributed by atoms with Gasteiger partial charge >= 0.3 is 5.97 Å². The molecule has 1 aliphatic heterocycles. The van der Waals surface area contributed by atoms with Gasteiger partial charge in [0, 0.05) is 0 Å². The molecule has 0 aliphatic carbocycles. The van der Waals surface area contributed by atoms with Gasteiger partial charge in [-0.05, 0) is 15.9 Å². The normalized spacial score (nSPS) is 17.5. The minimum Gasteiger partial charge on any atom is -0.476 e. The van der Waals surface area contributed by atoms with Crippen molar-refractivity contribution in [1.82, 2.24) is 4.98 Å². The molecule has 0 bridgehead atoms. The van der Waals surface area contributed by atoms with Crippen molar-refractivity contribution in [1.29, 1.82) is 0 Å². The van der Waals surface area contributed by atoms with E-state index in [1.54, 1.807) is 0 Å². The Bertz CT molecular complexity index is 361. The predicted molar refractivity (Wildman–Crippen MR) is 51.4 cm³/mol. The van der Waals surface area contributed by atoms with E-state index >= 15 is 0 Å². The molecular weight excluding hydrogens is 274 g/mol. The first kappa shape index (κ1) is 10.0. The number of hydrogen-bond donors (Lipinski definition) is 1. The molecule has 0 spiro atoms. The number of carboxylic acids is 1. The number of carbonyl (C=O) groups is 1. The predicted octanol–water partition coefficient (Wildman–Crippen LogP) is 1.65. The Morgan fingerprint density at radius 2 is 2.21 bits per heavy atom. The molecule has 0 aromatic carbocycles. The van der Waals surface area contributed by atoms with Crippen LogP contribution in [-0.4, -0.2) is 29.3 Å². The van der Waals surface area contributed by atoms with E-state index in [1.165, 1.54) is 0 Å². The first-order valence-corrected chi connectivity index (χ1v) is 5.42. The van der Waals surface area contributed by atoms with Crippen molar-refractivity contribution in [3.63, 3.8) is 0 Å². The zero-order valence-corrected chi connectivity index (χ0v) is 9.30. The van der Waals surface area contributed by atoms with Crippen LogP contribution in [0.15, 0.2) is 4.60 Å². The smallest absolute Gasteiger partial charge is 0.365 e. The lowest BCUT2D eigenvalue weighted by Gasteiger charge is -2.04. The van der Waals surface area contributed by atoms with Crippen molar-refractivity contribution in [3.8, 4) is 0 Å². The van der Waals surface area contributed by atoms with Crippen LogP contribution in [0.1, 0.15) is 21.0 Å². The lowest BCUT2D eigenvalue weighted by atomic mass is 10.5. The molecule has 2 rings (SSSR count).